The summed E-state index contributed by atoms with van der Waals surface area (Å²) in [5, 5.41) is 13.0. The van der Waals surface area contributed by atoms with Crippen molar-refractivity contribution in [1.29, 1.82) is 0 Å². The molecule has 0 spiro atoms. The molecule has 6 nitrogen and oxygen atoms in total. The molecule has 1 rings (SSSR count). The molecular weight excluding hydrogens is 228 g/mol. The minimum Gasteiger partial charge on any atom is -0.356 e. The summed E-state index contributed by atoms with van der Waals surface area (Å²) < 4.78 is 0. The van der Waals surface area contributed by atoms with E-state index in [1.807, 2.05) is 6.92 Å². The van der Waals surface area contributed by atoms with Gasteiger partial charge >= 0.3 is 0 Å². The summed E-state index contributed by atoms with van der Waals surface area (Å²) in [6.07, 6.45) is 1.25. The summed E-state index contributed by atoms with van der Waals surface area (Å²) in [6, 6.07) is 0. The van der Waals surface area contributed by atoms with Crippen LogP contribution in [0.25, 0.3) is 0 Å². The van der Waals surface area contributed by atoms with E-state index >= 15 is 0 Å². The molecule has 0 aliphatic rings. The lowest BCUT2D eigenvalue weighted by Crippen LogP contribution is -2.25. The van der Waals surface area contributed by atoms with Crippen molar-refractivity contribution in [1.82, 2.24) is 15.5 Å². The molecule has 7 heteroatoms. The number of nitrogens with one attached hydrogen (secondary N) is 2. The Balaban J connectivity index is 2.17. The fraction of sp³-hybridized carbons (Fsp3) is 0.556. The van der Waals surface area contributed by atoms with Crippen molar-refractivity contribution in [3.8, 4) is 0 Å². The van der Waals surface area contributed by atoms with Crippen molar-refractivity contribution in [2.75, 3.05) is 11.9 Å². The molecule has 0 aliphatic heterocycles. The Hall–Kier alpha value is -1.50. The normalized spacial score (nSPS) is 9.81. The topological polar surface area (TPSA) is 84.0 Å². The highest BCUT2D eigenvalue weighted by atomic mass is 32.1. The van der Waals surface area contributed by atoms with Crippen LogP contribution in [0.4, 0.5) is 5.13 Å². The molecule has 0 aliphatic carbocycles. The second kappa shape index (κ2) is 6.89. The smallest absolute Gasteiger partial charge is 0.226 e. The van der Waals surface area contributed by atoms with Gasteiger partial charge in [0.25, 0.3) is 0 Å². The van der Waals surface area contributed by atoms with Crippen LogP contribution in [0.2, 0.25) is 0 Å². The Morgan fingerprint density at radius 3 is 2.75 bits per heavy atom. The average Bonchev–Trinajstić information content (AvgIpc) is 2.76. The van der Waals surface area contributed by atoms with E-state index in [1.54, 1.807) is 0 Å². The van der Waals surface area contributed by atoms with Crippen LogP contribution in [0.3, 0.4) is 0 Å². The van der Waals surface area contributed by atoms with Crippen molar-refractivity contribution >= 4 is 28.3 Å². The quantitative estimate of drug-likeness (QED) is 0.772. The molecule has 0 saturated heterocycles. The van der Waals surface area contributed by atoms with Gasteiger partial charge in [0.05, 0.1) is 0 Å². The van der Waals surface area contributed by atoms with E-state index in [4.69, 9.17) is 0 Å². The van der Waals surface area contributed by atoms with Crippen LogP contribution in [0, 0.1) is 0 Å². The molecule has 88 valence electrons. The fourth-order valence-corrected chi connectivity index (χ4v) is 1.45. The highest BCUT2D eigenvalue weighted by molar-refractivity contribution is 7.13. The molecule has 1 aromatic heterocycles. The first-order valence-electron chi connectivity index (χ1n) is 5.05. The Bertz CT molecular complexity index is 339. The van der Waals surface area contributed by atoms with Gasteiger partial charge in [-0.15, -0.1) is 10.2 Å². The van der Waals surface area contributed by atoms with Gasteiger partial charge in [-0.05, 0) is 6.42 Å². The van der Waals surface area contributed by atoms with Crippen LogP contribution in [0.15, 0.2) is 5.51 Å². The predicted octanol–water partition coefficient (Wildman–Crippen LogP) is 0.783. The van der Waals surface area contributed by atoms with E-state index in [0.717, 1.165) is 6.42 Å². The minimum atomic E-state index is -0.219. The zero-order chi connectivity index (χ0) is 11.8. The Morgan fingerprint density at radius 2 is 2.12 bits per heavy atom. The summed E-state index contributed by atoms with van der Waals surface area (Å²) in [6.45, 7) is 2.62. The van der Waals surface area contributed by atoms with Gasteiger partial charge in [0.15, 0.2) is 0 Å². The van der Waals surface area contributed by atoms with E-state index in [1.165, 1.54) is 16.8 Å². The number of carbonyl (C=O) groups excluding carboxylic acids is 2. The number of aromatic nitrogens is 2. The van der Waals surface area contributed by atoms with E-state index in [2.05, 4.69) is 20.8 Å². The Kier molecular flexibility index (Phi) is 5.41. The first-order valence-corrected chi connectivity index (χ1v) is 5.93. The number of nitrogens with zero attached hydrogens (tertiary/aromatic N) is 2. The highest BCUT2D eigenvalue weighted by Crippen LogP contribution is 2.08. The largest absolute Gasteiger partial charge is 0.356 e. The molecule has 0 atom stereocenters. The molecule has 0 unspecified atom stereocenters. The Morgan fingerprint density at radius 1 is 1.38 bits per heavy atom. The summed E-state index contributed by atoms with van der Waals surface area (Å²) >= 11 is 1.24. The van der Waals surface area contributed by atoms with Crippen LogP contribution in [-0.2, 0) is 9.59 Å². The minimum absolute atomic E-state index is 0.103. The van der Waals surface area contributed by atoms with Crippen LogP contribution in [0.1, 0.15) is 26.2 Å². The molecule has 2 amide bonds. The van der Waals surface area contributed by atoms with Gasteiger partial charge in [0.1, 0.15) is 5.51 Å². The molecule has 1 heterocycles. The molecule has 16 heavy (non-hydrogen) atoms. The maximum absolute atomic E-state index is 11.3. The predicted molar refractivity (Wildman–Crippen MR) is 61.1 cm³/mol. The molecule has 1 aromatic rings. The molecule has 0 bridgehead atoms. The number of anilines is 1. The van der Waals surface area contributed by atoms with Gasteiger partial charge < -0.3 is 10.6 Å². The third-order valence-electron chi connectivity index (χ3n) is 1.76. The van der Waals surface area contributed by atoms with Crippen LogP contribution < -0.4 is 10.6 Å². The molecule has 0 radical (unpaired) electrons. The summed E-state index contributed by atoms with van der Waals surface area (Å²) in [4.78, 5) is 22.5. The lowest BCUT2D eigenvalue weighted by molar-refractivity contribution is -0.124. The maximum atomic E-state index is 11.3. The van der Waals surface area contributed by atoms with Gasteiger partial charge in [-0.3, -0.25) is 9.59 Å². The van der Waals surface area contributed by atoms with E-state index in [0.29, 0.717) is 11.7 Å². The monoisotopic (exact) mass is 242 g/mol. The maximum Gasteiger partial charge on any atom is 0.226 e. The first-order chi connectivity index (χ1) is 7.72. The van der Waals surface area contributed by atoms with Crippen LogP contribution in [0.5, 0.6) is 0 Å². The zero-order valence-corrected chi connectivity index (χ0v) is 9.84. The van der Waals surface area contributed by atoms with Gasteiger partial charge in [-0.25, -0.2) is 0 Å². The van der Waals surface area contributed by atoms with Gasteiger partial charge in [-0.1, -0.05) is 18.3 Å². The summed E-state index contributed by atoms with van der Waals surface area (Å²) in [5.74, 6) is -0.322. The second-order valence-corrected chi connectivity index (χ2v) is 3.98. The highest BCUT2D eigenvalue weighted by Gasteiger charge is 2.07. The fourth-order valence-electron chi connectivity index (χ4n) is 0.989. The number of hydrogen-bond acceptors (Lipinski definition) is 5. The molecule has 0 fully saturated rings. The van der Waals surface area contributed by atoms with Gasteiger partial charge in [0.2, 0.25) is 16.9 Å². The summed E-state index contributed by atoms with van der Waals surface area (Å²) in [7, 11) is 0. The van der Waals surface area contributed by atoms with E-state index in [9.17, 15) is 9.59 Å². The standard InChI is InChI=1S/C9H14N4O2S/c1-2-5-10-7(14)3-4-8(15)12-9-13-11-6-16-9/h6H,2-5H2,1H3,(H,10,14)(H,12,13,15). The van der Waals surface area contributed by atoms with Crippen molar-refractivity contribution in [2.24, 2.45) is 0 Å². The number of rotatable bonds is 6. The molecule has 0 aromatic carbocycles. The third-order valence-corrected chi connectivity index (χ3v) is 2.36. The third kappa shape index (κ3) is 4.83. The lowest BCUT2D eigenvalue weighted by Gasteiger charge is -2.02. The lowest BCUT2D eigenvalue weighted by atomic mass is 10.3. The number of hydrogen-bond donors (Lipinski definition) is 2. The number of carbonyl (C=O) groups is 2. The average molecular weight is 242 g/mol. The molecule has 0 saturated carbocycles. The molecule has 2 N–H and O–H groups in total. The van der Waals surface area contributed by atoms with E-state index < -0.39 is 0 Å². The Labute approximate surface area is 97.5 Å². The SMILES string of the molecule is CCCNC(=O)CCC(=O)Nc1nncs1. The number of amides is 2. The van der Waals surface area contributed by atoms with Crippen molar-refractivity contribution in [2.45, 2.75) is 26.2 Å². The van der Waals surface area contributed by atoms with Crippen LogP contribution >= 0.6 is 11.3 Å². The summed E-state index contributed by atoms with van der Waals surface area (Å²) in [5.41, 5.74) is 1.53. The van der Waals surface area contributed by atoms with Gasteiger partial charge in [-0.2, -0.15) is 0 Å². The van der Waals surface area contributed by atoms with Crippen molar-refractivity contribution in [3.05, 3.63) is 5.51 Å². The zero-order valence-electron chi connectivity index (χ0n) is 9.02. The van der Waals surface area contributed by atoms with Crippen LogP contribution in [-0.4, -0.2) is 28.6 Å². The van der Waals surface area contributed by atoms with E-state index in [-0.39, 0.29) is 24.7 Å². The van der Waals surface area contributed by atoms with Crippen molar-refractivity contribution in [3.63, 3.8) is 0 Å². The van der Waals surface area contributed by atoms with Crippen molar-refractivity contribution < 1.29 is 9.59 Å². The first kappa shape index (κ1) is 12.6. The molecular formula is C9H14N4O2S. The second-order valence-electron chi connectivity index (χ2n) is 3.14. The van der Waals surface area contributed by atoms with Gasteiger partial charge in [0, 0.05) is 19.4 Å².